The van der Waals surface area contributed by atoms with Gasteiger partial charge in [0.1, 0.15) is 5.75 Å². The second-order valence-electron chi connectivity index (χ2n) is 6.15. The van der Waals surface area contributed by atoms with E-state index in [2.05, 4.69) is 5.32 Å². The van der Waals surface area contributed by atoms with E-state index >= 15 is 0 Å². The predicted molar refractivity (Wildman–Crippen MR) is 107 cm³/mol. The fourth-order valence-electron chi connectivity index (χ4n) is 2.85. The van der Waals surface area contributed by atoms with Crippen LogP contribution in [0.5, 0.6) is 5.75 Å². The molecule has 1 saturated heterocycles. The molecule has 3 rings (SSSR count). The molecule has 1 fully saturated rings. The lowest BCUT2D eigenvalue weighted by molar-refractivity contribution is -0.113. The van der Waals surface area contributed by atoms with Crippen molar-refractivity contribution < 1.29 is 17.9 Å². The molecule has 144 valence electrons. The third-order valence-corrected chi connectivity index (χ3v) is 7.12. The van der Waals surface area contributed by atoms with E-state index in [4.69, 9.17) is 4.74 Å². The van der Waals surface area contributed by atoms with Crippen LogP contribution in [0.1, 0.15) is 12.8 Å². The number of nitrogens with zero attached hydrogens (tertiary/aromatic N) is 1. The Labute approximate surface area is 164 Å². The minimum Gasteiger partial charge on any atom is -0.497 e. The van der Waals surface area contributed by atoms with Crippen LogP contribution < -0.4 is 10.1 Å². The average Bonchev–Trinajstić information content (AvgIpc) is 3.22. The first kappa shape index (κ1) is 19.7. The van der Waals surface area contributed by atoms with E-state index in [0.717, 1.165) is 23.5 Å². The molecule has 8 heteroatoms. The number of nitrogens with one attached hydrogen (secondary N) is 1. The summed E-state index contributed by atoms with van der Waals surface area (Å²) in [6, 6.07) is 13.9. The Balaban J connectivity index is 1.62. The molecule has 0 saturated carbocycles. The van der Waals surface area contributed by atoms with Gasteiger partial charge in [-0.1, -0.05) is 12.1 Å². The lowest BCUT2D eigenvalue weighted by Gasteiger charge is -2.16. The topological polar surface area (TPSA) is 75.7 Å². The van der Waals surface area contributed by atoms with Gasteiger partial charge < -0.3 is 10.1 Å². The molecule has 0 radical (unpaired) electrons. The van der Waals surface area contributed by atoms with Crippen molar-refractivity contribution in [2.75, 3.05) is 31.3 Å². The van der Waals surface area contributed by atoms with Crippen molar-refractivity contribution in [3.05, 3.63) is 48.5 Å². The summed E-state index contributed by atoms with van der Waals surface area (Å²) in [5.74, 6) is 0.759. The van der Waals surface area contributed by atoms with Crippen LogP contribution in [-0.2, 0) is 14.8 Å². The first-order valence-corrected chi connectivity index (χ1v) is 11.1. The van der Waals surface area contributed by atoms with Crippen LogP contribution in [0.4, 0.5) is 5.69 Å². The monoisotopic (exact) mass is 406 g/mol. The lowest BCUT2D eigenvalue weighted by Crippen LogP contribution is -2.28. The quantitative estimate of drug-likeness (QED) is 0.715. The summed E-state index contributed by atoms with van der Waals surface area (Å²) in [6.07, 6.45) is 1.77. The van der Waals surface area contributed by atoms with Gasteiger partial charge in [0.25, 0.3) is 0 Å². The Morgan fingerprint density at radius 1 is 1.15 bits per heavy atom. The number of sulfonamides is 1. The number of carbonyl (C=O) groups is 1. The molecule has 1 N–H and O–H groups in total. The van der Waals surface area contributed by atoms with E-state index < -0.39 is 10.0 Å². The molecule has 6 nitrogen and oxygen atoms in total. The second-order valence-corrected chi connectivity index (χ2v) is 9.14. The van der Waals surface area contributed by atoms with Gasteiger partial charge in [0.2, 0.25) is 15.9 Å². The van der Waals surface area contributed by atoms with Crippen molar-refractivity contribution in [3.8, 4) is 5.75 Å². The largest absolute Gasteiger partial charge is 0.497 e. The zero-order valence-electron chi connectivity index (χ0n) is 15.1. The highest BCUT2D eigenvalue weighted by atomic mass is 32.2. The Kier molecular flexibility index (Phi) is 6.41. The second kappa shape index (κ2) is 8.77. The first-order valence-electron chi connectivity index (χ1n) is 8.66. The smallest absolute Gasteiger partial charge is 0.243 e. The average molecular weight is 407 g/mol. The molecule has 0 aromatic heterocycles. The SMILES string of the molecule is COc1cccc(SCC(=O)Nc2cccc(S(=O)(=O)N3CCCC3)c2)c1. The van der Waals surface area contributed by atoms with Crippen LogP contribution in [0.2, 0.25) is 0 Å². The molecular weight excluding hydrogens is 384 g/mol. The summed E-state index contributed by atoms with van der Waals surface area (Å²) in [4.78, 5) is 13.4. The number of hydrogen-bond donors (Lipinski definition) is 1. The van der Waals surface area contributed by atoms with Gasteiger partial charge in [0, 0.05) is 23.7 Å². The van der Waals surface area contributed by atoms with Gasteiger partial charge in [0.15, 0.2) is 0 Å². The molecule has 2 aromatic rings. The molecule has 0 spiro atoms. The zero-order valence-corrected chi connectivity index (χ0v) is 16.7. The van der Waals surface area contributed by atoms with Crippen LogP contribution in [0, 0.1) is 0 Å². The van der Waals surface area contributed by atoms with Crippen LogP contribution in [-0.4, -0.2) is 44.6 Å². The lowest BCUT2D eigenvalue weighted by atomic mass is 10.3. The van der Waals surface area contributed by atoms with Gasteiger partial charge in [0.05, 0.1) is 17.8 Å². The normalized spacial score (nSPS) is 14.9. The van der Waals surface area contributed by atoms with E-state index in [1.165, 1.54) is 22.1 Å². The summed E-state index contributed by atoms with van der Waals surface area (Å²) in [7, 11) is -1.90. The molecule has 1 aliphatic rings. The number of rotatable bonds is 7. The van der Waals surface area contributed by atoms with E-state index in [9.17, 15) is 13.2 Å². The van der Waals surface area contributed by atoms with Crippen molar-refractivity contribution in [1.29, 1.82) is 0 Å². The van der Waals surface area contributed by atoms with Crippen LogP contribution >= 0.6 is 11.8 Å². The van der Waals surface area contributed by atoms with Gasteiger partial charge in [-0.3, -0.25) is 4.79 Å². The number of thioether (sulfide) groups is 1. The molecule has 0 bridgehead atoms. The summed E-state index contributed by atoms with van der Waals surface area (Å²) < 4.78 is 31.9. The van der Waals surface area contributed by atoms with E-state index in [1.807, 2.05) is 24.3 Å². The third-order valence-electron chi connectivity index (χ3n) is 4.23. The Morgan fingerprint density at radius 2 is 1.89 bits per heavy atom. The highest BCUT2D eigenvalue weighted by Crippen LogP contribution is 2.25. The number of amides is 1. The van der Waals surface area contributed by atoms with Crippen LogP contribution in [0.3, 0.4) is 0 Å². The molecule has 1 heterocycles. The van der Waals surface area contributed by atoms with Crippen LogP contribution in [0.15, 0.2) is 58.3 Å². The van der Waals surface area contributed by atoms with Crippen molar-refractivity contribution in [2.45, 2.75) is 22.6 Å². The number of anilines is 1. The van der Waals surface area contributed by atoms with Gasteiger partial charge in [-0.25, -0.2) is 8.42 Å². The Hall–Kier alpha value is -2.03. The van der Waals surface area contributed by atoms with Gasteiger partial charge in [-0.2, -0.15) is 4.31 Å². The van der Waals surface area contributed by atoms with Gasteiger partial charge >= 0.3 is 0 Å². The highest BCUT2D eigenvalue weighted by Gasteiger charge is 2.27. The zero-order chi connectivity index (χ0) is 19.3. The molecule has 1 aliphatic heterocycles. The molecule has 0 unspecified atom stereocenters. The number of benzene rings is 2. The van der Waals surface area contributed by atoms with Crippen molar-refractivity contribution in [3.63, 3.8) is 0 Å². The minimum atomic E-state index is -3.50. The predicted octanol–water partition coefficient (Wildman–Crippen LogP) is 3.21. The number of hydrogen-bond acceptors (Lipinski definition) is 5. The summed E-state index contributed by atoms with van der Waals surface area (Å²) >= 11 is 1.39. The fourth-order valence-corrected chi connectivity index (χ4v) is 5.16. The maximum Gasteiger partial charge on any atom is 0.243 e. The van der Waals surface area contributed by atoms with Crippen molar-refractivity contribution >= 4 is 33.4 Å². The standard InChI is InChI=1S/C19H22N2O4S2/c1-25-16-7-5-8-17(13-16)26-14-19(22)20-15-6-4-9-18(12-15)27(23,24)21-10-2-3-11-21/h4-9,12-13H,2-3,10-11,14H2,1H3,(H,20,22). The Bertz CT molecular complexity index is 909. The fraction of sp³-hybridized carbons (Fsp3) is 0.316. The van der Waals surface area contributed by atoms with Crippen molar-refractivity contribution in [2.24, 2.45) is 0 Å². The van der Waals surface area contributed by atoms with E-state index in [0.29, 0.717) is 18.8 Å². The molecule has 0 aliphatic carbocycles. The van der Waals surface area contributed by atoms with Gasteiger partial charge in [-0.15, -0.1) is 11.8 Å². The summed E-state index contributed by atoms with van der Waals surface area (Å²) in [5, 5.41) is 2.77. The summed E-state index contributed by atoms with van der Waals surface area (Å²) in [5.41, 5.74) is 0.478. The first-order chi connectivity index (χ1) is 13.0. The van der Waals surface area contributed by atoms with E-state index in [1.54, 1.807) is 25.3 Å². The van der Waals surface area contributed by atoms with Crippen LogP contribution in [0.25, 0.3) is 0 Å². The molecule has 0 atom stereocenters. The molecular formula is C19H22N2O4S2. The maximum absolute atomic E-state index is 12.6. The number of methoxy groups -OCH3 is 1. The molecule has 1 amide bonds. The molecule has 2 aromatic carbocycles. The third kappa shape index (κ3) is 5.03. The van der Waals surface area contributed by atoms with Gasteiger partial charge in [-0.05, 0) is 49.2 Å². The van der Waals surface area contributed by atoms with Crippen molar-refractivity contribution in [1.82, 2.24) is 4.31 Å². The maximum atomic E-state index is 12.6. The minimum absolute atomic E-state index is 0.196. The number of ether oxygens (including phenoxy) is 1. The molecule has 27 heavy (non-hydrogen) atoms. The van der Waals surface area contributed by atoms with E-state index in [-0.39, 0.29) is 16.6 Å². The summed E-state index contributed by atoms with van der Waals surface area (Å²) in [6.45, 7) is 1.10. The highest BCUT2D eigenvalue weighted by molar-refractivity contribution is 8.00. The Morgan fingerprint density at radius 3 is 2.63 bits per heavy atom. The number of carbonyl (C=O) groups excluding carboxylic acids is 1.